The van der Waals surface area contributed by atoms with E-state index in [0.29, 0.717) is 12.1 Å². The molecule has 0 aromatic heterocycles. The van der Waals surface area contributed by atoms with Gasteiger partial charge in [0.05, 0.1) is 0 Å². The van der Waals surface area contributed by atoms with Gasteiger partial charge >= 0.3 is 0 Å². The minimum absolute atomic E-state index is 0.0343. The third-order valence-corrected chi connectivity index (χ3v) is 5.40. The van der Waals surface area contributed by atoms with Crippen molar-refractivity contribution in [1.82, 2.24) is 10.6 Å². The number of nitrogens with one attached hydrogen (secondary N) is 2. The van der Waals surface area contributed by atoms with E-state index in [4.69, 9.17) is 0 Å². The predicted molar refractivity (Wildman–Crippen MR) is 87.5 cm³/mol. The zero-order valence-corrected chi connectivity index (χ0v) is 13.2. The first kappa shape index (κ1) is 13.3. The minimum Gasteiger partial charge on any atom is -0.348 e. The number of amides is 1. The average molecular weight is 345 g/mol. The molecule has 2 aliphatic heterocycles. The van der Waals surface area contributed by atoms with E-state index in [0.717, 1.165) is 27.2 Å². The molecular weight excluding hydrogens is 328 g/mol. The summed E-state index contributed by atoms with van der Waals surface area (Å²) in [5.74, 6) is 0.0343. The lowest BCUT2D eigenvalue weighted by atomic mass is 9.95. The molecule has 2 saturated heterocycles. The van der Waals surface area contributed by atoms with Gasteiger partial charge in [-0.25, -0.2) is 0 Å². The number of carbonyl (C=O) groups is 1. The van der Waals surface area contributed by atoms with Crippen LogP contribution in [-0.4, -0.2) is 24.0 Å². The van der Waals surface area contributed by atoms with Gasteiger partial charge in [0, 0.05) is 28.2 Å². The highest BCUT2D eigenvalue weighted by Crippen LogP contribution is 2.29. The van der Waals surface area contributed by atoms with Crippen molar-refractivity contribution in [3.8, 4) is 0 Å². The van der Waals surface area contributed by atoms with E-state index in [1.54, 1.807) is 0 Å². The molecular formula is C17H17BrN2O. The third kappa shape index (κ3) is 2.36. The minimum atomic E-state index is 0.0343. The molecule has 2 fully saturated rings. The Kier molecular flexibility index (Phi) is 3.23. The second kappa shape index (κ2) is 5.11. The highest BCUT2D eigenvalue weighted by atomic mass is 79.9. The summed E-state index contributed by atoms with van der Waals surface area (Å²) >= 11 is 3.55. The lowest BCUT2D eigenvalue weighted by Gasteiger charge is -2.21. The molecule has 0 aliphatic carbocycles. The van der Waals surface area contributed by atoms with Crippen LogP contribution >= 0.6 is 15.9 Å². The maximum Gasteiger partial charge on any atom is 0.251 e. The summed E-state index contributed by atoms with van der Waals surface area (Å²) in [7, 11) is 0. The lowest BCUT2D eigenvalue weighted by molar-refractivity contribution is 0.0931. The van der Waals surface area contributed by atoms with Crippen molar-refractivity contribution in [2.45, 2.75) is 37.4 Å². The van der Waals surface area contributed by atoms with E-state index >= 15 is 0 Å². The molecule has 2 aliphatic rings. The van der Waals surface area contributed by atoms with Crippen molar-refractivity contribution >= 4 is 32.6 Å². The molecule has 0 saturated carbocycles. The summed E-state index contributed by atoms with van der Waals surface area (Å²) in [4.78, 5) is 12.5. The van der Waals surface area contributed by atoms with Gasteiger partial charge in [0.25, 0.3) is 5.91 Å². The van der Waals surface area contributed by atoms with Crippen LogP contribution in [0.1, 0.15) is 29.6 Å². The summed E-state index contributed by atoms with van der Waals surface area (Å²) in [6.07, 6.45) is 3.49. The fourth-order valence-electron chi connectivity index (χ4n) is 3.61. The van der Waals surface area contributed by atoms with Gasteiger partial charge in [0.2, 0.25) is 0 Å². The second-order valence-electron chi connectivity index (χ2n) is 6.04. The van der Waals surface area contributed by atoms with Gasteiger partial charge in [-0.05, 0) is 48.2 Å². The van der Waals surface area contributed by atoms with E-state index < -0.39 is 0 Å². The van der Waals surface area contributed by atoms with Crippen molar-refractivity contribution in [3.05, 3.63) is 46.4 Å². The van der Waals surface area contributed by atoms with Crippen molar-refractivity contribution in [3.63, 3.8) is 0 Å². The van der Waals surface area contributed by atoms with E-state index in [2.05, 4.69) is 32.6 Å². The number of hydrogen-bond acceptors (Lipinski definition) is 2. The molecule has 3 atom stereocenters. The van der Waals surface area contributed by atoms with Crippen LogP contribution in [0.25, 0.3) is 10.8 Å². The first-order valence-electron chi connectivity index (χ1n) is 7.46. The molecule has 21 heavy (non-hydrogen) atoms. The number of benzene rings is 2. The summed E-state index contributed by atoms with van der Waals surface area (Å²) in [6.45, 7) is 0. The number of carbonyl (C=O) groups excluding carboxylic acids is 1. The normalized spacial score (nSPS) is 27.2. The molecule has 4 rings (SSSR count). The van der Waals surface area contributed by atoms with Gasteiger partial charge in [-0.2, -0.15) is 0 Å². The molecule has 3 unspecified atom stereocenters. The highest BCUT2D eigenvalue weighted by molar-refractivity contribution is 9.10. The van der Waals surface area contributed by atoms with Gasteiger partial charge < -0.3 is 10.6 Å². The van der Waals surface area contributed by atoms with Crippen LogP contribution in [0.5, 0.6) is 0 Å². The van der Waals surface area contributed by atoms with Crippen molar-refractivity contribution in [1.29, 1.82) is 0 Å². The maximum atomic E-state index is 12.5. The number of rotatable bonds is 2. The van der Waals surface area contributed by atoms with Crippen LogP contribution in [-0.2, 0) is 0 Å². The topological polar surface area (TPSA) is 41.1 Å². The summed E-state index contributed by atoms with van der Waals surface area (Å²) < 4.78 is 1.02. The van der Waals surface area contributed by atoms with Gasteiger partial charge in [-0.15, -0.1) is 0 Å². The van der Waals surface area contributed by atoms with E-state index in [1.165, 1.54) is 12.8 Å². The fourth-order valence-corrected chi connectivity index (χ4v) is 4.11. The Morgan fingerprint density at radius 2 is 2.14 bits per heavy atom. The molecule has 108 valence electrons. The first-order valence-corrected chi connectivity index (χ1v) is 8.25. The Morgan fingerprint density at radius 1 is 1.24 bits per heavy atom. The van der Waals surface area contributed by atoms with E-state index in [9.17, 15) is 4.79 Å². The van der Waals surface area contributed by atoms with Crippen molar-refractivity contribution in [2.75, 3.05) is 0 Å². The summed E-state index contributed by atoms with van der Waals surface area (Å²) in [5.41, 5.74) is 0.733. The molecule has 0 spiro atoms. The smallest absolute Gasteiger partial charge is 0.251 e. The standard InChI is InChI=1S/C17H17BrN2O/c18-14-3-1-2-10-4-5-11(8-13(10)14)17(21)20-16-9-12-6-7-15(16)19-12/h1-5,8,12,15-16,19H,6-7,9H2,(H,20,21). The lowest BCUT2D eigenvalue weighted by Crippen LogP contribution is -2.42. The van der Waals surface area contributed by atoms with Crippen LogP contribution in [0, 0.1) is 0 Å². The van der Waals surface area contributed by atoms with Crippen LogP contribution < -0.4 is 10.6 Å². The Bertz CT molecular complexity index is 715. The molecule has 2 aromatic carbocycles. The number of hydrogen-bond donors (Lipinski definition) is 2. The zero-order chi connectivity index (χ0) is 14.4. The van der Waals surface area contributed by atoms with Crippen molar-refractivity contribution < 1.29 is 4.79 Å². The Hall–Kier alpha value is -1.39. The number of fused-ring (bicyclic) bond motifs is 3. The highest BCUT2D eigenvalue weighted by Gasteiger charge is 2.39. The quantitative estimate of drug-likeness (QED) is 0.878. The Labute approximate surface area is 132 Å². The Morgan fingerprint density at radius 3 is 2.90 bits per heavy atom. The van der Waals surface area contributed by atoms with Crippen LogP contribution in [0.4, 0.5) is 0 Å². The second-order valence-corrected chi connectivity index (χ2v) is 6.89. The monoisotopic (exact) mass is 344 g/mol. The molecule has 4 heteroatoms. The molecule has 0 radical (unpaired) electrons. The first-order chi connectivity index (χ1) is 10.2. The van der Waals surface area contributed by atoms with Crippen molar-refractivity contribution in [2.24, 2.45) is 0 Å². The number of halogens is 1. The maximum absolute atomic E-state index is 12.5. The summed E-state index contributed by atoms with van der Waals surface area (Å²) in [5, 5.41) is 8.97. The zero-order valence-electron chi connectivity index (χ0n) is 11.6. The predicted octanol–water partition coefficient (Wildman–Crippen LogP) is 3.23. The third-order valence-electron chi connectivity index (χ3n) is 4.71. The molecule has 2 aromatic rings. The SMILES string of the molecule is O=C(NC1CC2CCC1N2)c1ccc2cccc(Br)c2c1. The molecule has 2 N–H and O–H groups in total. The van der Waals surface area contributed by atoms with Gasteiger partial charge in [-0.3, -0.25) is 4.79 Å². The van der Waals surface area contributed by atoms with Gasteiger partial charge in [0.15, 0.2) is 0 Å². The molecule has 2 heterocycles. The largest absolute Gasteiger partial charge is 0.348 e. The average Bonchev–Trinajstić information content (AvgIpc) is 3.10. The Balaban J connectivity index is 1.58. The van der Waals surface area contributed by atoms with Gasteiger partial charge in [0.1, 0.15) is 0 Å². The van der Waals surface area contributed by atoms with Crippen LogP contribution in [0.3, 0.4) is 0 Å². The molecule has 2 bridgehead atoms. The van der Waals surface area contributed by atoms with Crippen LogP contribution in [0.2, 0.25) is 0 Å². The fraction of sp³-hybridized carbons (Fsp3) is 0.353. The molecule has 1 amide bonds. The van der Waals surface area contributed by atoms with Crippen LogP contribution in [0.15, 0.2) is 40.9 Å². The summed E-state index contributed by atoms with van der Waals surface area (Å²) in [6, 6.07) is 13.3. The van der Waals surface area contributed by atoms with Gasteiger partial charge in [-0.1, -0.05) is 34.1 Å². The van der Waals surface area contributed by atoms with E-state index in [1.807, 2.05) is 30.3 Å². The van der Waals surface area contributed by atoms with E-state index in [-0.39, 0.29) is 11.9 Å². The molecule has 3 nitrogen and oxygen atoms in total.